The lowest BCUT2D eigenvalue weighted by Crippen LogP contribution is -2.50. The van der Waals surface area contributed by atoms with Crippen molar-refractivity contribution >= 4 is 11.8 Å². The molecule has 0 aromatic heterocycles. The van der Waals surface area contributed by atoms with Crippen LogP contribution in [0.2, 0.25) is 0 Å². The van der Waals surface area contributed by atoms with E-state index >= 15 is 0 Å². The van der Waals surface area contributed by atoms with Crippen molar-refractivity contribution in [2.24, 2.45) is 0 Å². The Labute approximate surface area is 125 Å². The van der Waals surface area contributed by atoms with Crippen LogP contribution in [0.1, 0.15) is 37.9 Å². The molecule has 1 aromatic rings. The lowest BCUT2D eigenvalue weighted by atomic mass is 10.0. The van der Waals surface area contributed by atoms with Crippen molar-refractivity contribution < 1.29 is 14.7 Å². The Bertz CT molecular complexity index is 490. The van der Waals surface area contributed by atoms with E-state index in [1.807, 2.05) is 6.07 Å². The van der Waals surface area contributed by atoms with Crippen molar-refractivity contribution in [1.29, 1.82) is 0 Å². The van der Waals surface area contributed by atoms with Crippen LogP contribution in [0.3, 0.4) is 0 Å². The average molecular weight is 290 g/mol. The molecule has 1 heterocycles. The number of nitrogens with zero attached hydrogens (tertiary/aromatic N) is 1. The number of hydrogen-bond acceptors (Lipinski definition) is 3. The van der Waals surface area contributed by atoms with Crippen LogP contribution in [-0.4, -0.2) is 41.0 Å². The number of carbonyl (C=O) groups excluding carboxylic acids is 2. The van der Waals surface area contributed by atoms with Gasteiger partial charge in [0.15, 0.2) is 6.10 Å². The Balaban J connectivity index is 1.97. The van der Waals surface area contributed by atoms with Crippen molar-refractivity contribution in [2.45, 2.75) is 38.3 Å². The second kappa shape index (κ2) is 7.22. The Hall–Kier alpha value is -1.88. The van der Waals surface area contributed by atoms with Gasteiger partial charge in [-0.3, -0.25) is 9.59 Å². The first-order chi connectivity index (χ1) is 10.1. The van der Waals surface area contributed by atoms with E-state index < -0.39 is 6.10 Å². The van der Waals surface area contributed by atoms with E-state index in [-0.39, 0.29) is 17.9 Å². The second-order valence-electron chi connectivity index (χ2n) is 5.36. The van der Waals surface area contributed by atoms with Gasteiger partial charge in [0.2, 0.25) is 5.91 Å². The molecule has 5 nitrogen and oxygen atoms in total. The number of aliphatic hydroxyl groups is 1. The van der Waals surface area contributed by atoms with Gasteiger partial charge in [0.1, 0.15) is 0 Å². The molecule has 1 aliphatic rings. The van der Waals surface area contributed by atoms with E-state index in [0.29, 0.717) is 25.1 Å². The summed E-state index contributed by atoms with van der Waals surface area (Å²) in [6.07, 6.45) is 1.02. The van der Waals surface area contributed by atoms with Gasteiger partial charge >= 0.3 is 0 Å². The monoisotopic (exact) mass is 290 g/mol. The number of carbonyl (C=O) groups is 2. The third-order valence-electron chi connectivity index (χ3n) is 3.77. The number of benzene rings is 1. The smallest absolute Gasteiger partial charge is 0.256 e. The molecule has 0 bridgehead atoms. The summed E-state index contributed by atoms with van der Waals surface area (Å²) in [5, 5.41) is 13.1. The third-order valence-corrected chi connectivity index (χ3v) is 3.77. The quantitative estimate of drug-likeness (QED) is 0.876. The molecular weight excluding hydrogens is 268 g/mol. The lowest BCUT2D eigenvalue weighted by molar-refractivity contribution is -0.142. The number of piperidine rings is 1. The maximum Gasteiger partial charge on any atom is 0.256 e. The molecule has 2 amide bonds. The number of amides is 2. The Kier molecular flexibility index (Phi) is 5.33. The largest absolute Gasteiger partial charge is 0.378 e. The van der Waals surface area contributed by atoms with Gasteiger partial charge in [-0.15, -0.1) is 0 Å². The molecule has 2 unspecified atom stereocenters. The first-order valence-corrected chi connectivity index (χ1v) is 7.43. The normalized spacial score (nSPS) is 19.9. The van der Waals surface area contributed by atoms with Gasteiger partial charge in [-0.05, 0) is 18.4 Å². The molecule has 1 aliphatic heterocycles. The number of rotatable bonds is 4. The number of likely N-dealkylation sites (tertiary alicyclic amines) is 1. The molecule has 5 heteroatoms. The molecule has 114 valence electrons. The van der Waals surface area contributed by atoms with Crippen LogP contribution < -0.4 is 5.32 Å². The summed E-state index contributed by atoms with van der Waals surface area (Å²) in [6.45, 7) is 2.90. The van der Waals surface area contributed by atoms with E-state index in [9.17, 15) is 14.7 Å². The van der Waals surface area contributed by atoms with Crippen LogP contribution in [0.15, 0.2) is 30.3 Å². The maximum absolute atomic E-state index is 12.4. The standard InChI is InChI=1S/C16H22N2O3/c1-2-14(19)17-13-9-6-10-18(11-13)16(21)15(20)12-7-4-3-5-8-12/h3-5,7-8,13,15,20H,2,6,9-11H2,1H3,(H,17,19). The summed E-state index contributed by atoms with van der Waals surface area (Å²) in [6, 6.07) is 8.90. The molecule has 0 saturated carbocycles. The van der Waals surface area contributed by atoms with Crippen LogP contribution in [0.4, 0.5) is 0 Å². The Morgan fingerprint density at radius 2 is 2.10 bits per heavy atom. The van der Waals surface area contributed by atoms with Gasteiger partial charge in [-0.2, -0.15) is 0 Å². The summed E-state index contributed by atoms with van der Waals surface area (Å²) >= 11 is 0. The zero-order chi connectivity index (χ0) is 15.2. The Morgan fingerprint density at radius 1 is 1.38 bits per heavy atom. The molecule has 2 atom stereocenters. The summed E-state index contributed by atoms with van der Waals surface area (Å²) in [5.41, 5.74) is 0.599. The molecular formula is C16H22N2O3. The molecule has 0 aliphatic carbocycles. The zero-order valence-electron chi connectivity index (χ0n) is 12.3. The Morgan fingerprint density at radius 3 is 2.76 bits per heavy atom. The van der Waals surface area contributed by atoms with E-state index in [0.717, 1.165) is 12.8 Å². The molecule has 0 radical (unpaired) electrons. The summed E-state index contributed by atoms with van der Waals surface area (Å²) < 4.78 is 0. The van der Waals surface area contributed by atoms with Crippen molar-refractivity contribution in [2.75, 3.05) is 13.1 Å². The van der Waals surface area contributed by atoms with Gasteiger partial charge < -0.3 is 15.3 Å². The molecule has 2 N–H and O–H groups in total. The molecule has 21 heavy (non-hydrogen) atoms. The minimum atomic E-state index is -1.13. The highest BCUT2D eigenvalue weighted by molar-refractivity contribution is 5.82. The minimum Gasteiger partial charge on any atom is -0.378 e. The van der Waals surface area contributed by atoms with Gasteiger partial charge in [-0.1, -0.05) is 37.3 Å². The van der Waals surface area contributed by atoms with Gasteiger partial charge in [-0.25, -0.2) is 0 Å². The van der Waals surface area contributed by atoms with Crippen molar-refractivity contribution in [3.8, 4) is 0 Å². The molecule has 0 spiro atoms. The molecule has 1 aromatic carbocycles. The summed E-state index contributed by atoms with van der Waals surface area (Å²) in [5.74, 6) is -0.297. The fourth-order valence-corrected chi connectivity index (χ4v) is 2.58. The van der Waals surface area contributed by atoms with Crippen molar-refractivity contribution in [1.82, 2.24) is 10.2 Å². The predicted octanol–water partition coefficient (Wildman–Crippen LogP) is 1.24. The van der Waals surface area contributed by atoms with E-state index in [1.165, 1.54) is 0 Å². The van der Waals surface area contributed by atoms with Crippen LogP contribution in [0.5, 0.6) is 0 Å². The molecule has 1 saturated heterocycles. The summed E-state index contributed by atoms with van der Waals surface area (Å²) in [7, 11) is 0. The van der Waals surface area contributed by atoms with E-state index in [2.05, 4.69) is 5.32 Å². The minimum absolute atomic E-state index is 0.00194. The van der Waals surface area contributed by atoms with Crippen molar-refractivity contribution in [3.05, 3.63) is 35.9 Å². The number of hydrogen-bond donors (Lipinski definition) is 2. The lowest BCUT2D eigenvalue weighted by Gasteiger charge is -2.34. The van der Waals surface area contributed by atoms with Gasteiger partial charge in [0.05, 0.1) is 0 Å². The van der Waals surface area contributed by atoms with Gasteiger partial charge in [0.25, 0.3) is 5.91 Å². The zero-order valence-corrected chi connectivity index (χ0v) is 12.3. The molecule has 2 rings (SSSR count). The topological polar surface area (TPSA) is 69.6 Å². The highest BCUT2D eigenvalue weighted by atomic mass is 16.3. The fraction of sp³-hybridized carbons (Fsp3) is 0.500. The van der Waals surface area contributed by atoms with Crippen LogP contribution >= 0.6 is 0 Å². The SMILES string of the molecule is CCC(=O)NC1CCCN(C(=O)C(O)c2ccccc2)C1. The van der Waals surface area contributed by atoms with Crippen LogP contribution in [0.25, 0.3) is 0 Å². The van der Waals surface area contributed by atoms with E-state index in [1.54, 1.807) is 36.1 Å². The third kappa shape index (κ3) is 4.04. The van der Waals surface area contributed by atoms with Gasteiger partial charge in [0, 0.05) is 25.6 Å². The van der Waals surface area contributed by atoms with Crippen LogP contribution in [-0.2, 0) is 9.59 Å². The van der Waals surface area contributed by atoms with E-state index in [4.69, 9.17) is 0 Å². The number of nitrogens with one attached hydrogen (secondary N) is 1. The fourth-order valence-electron chi connectivity index (χ4n) is 2.58. The number of aliphatic hydroxyl groups excluding tert-OH is 1. The highest BCUT2D eigenvalue weighted by Crippen LogP contribution is 2.19. The first kappa shape index (κ1) is 15.5. The van der Waals surface area contributed by atoms with Crippen LogP contribution in [0, 0.1) is 0 Å². The maximum atomic E-state index is 12.4. The molecule has 1 fully saturated rings. The first-order valence-electron chi connectivity index (χ1n) is 7.43. The van der Waals surface area contributed by atoms with Crippen molar-refractivity contribution in [3.63, 3.8) is 0 Å². The average Bonchev–Trinajstić information content (AvgIpc) is 2.54. The summed E-state index contributed by atoms with van der Waals surface area (Å²) in [4.78, 5) is 25.5. The second-order valence-corrected chi connectivity index (χ2v) is 5.36. The highest BCUT2D eigenvalue weighted by Gasteiger charge is 2.29. The predicted molar refractivity (Wildman–Crippen MR) is 79.4 cm³/mol.